The van der Waals surface area contributed by atoms with Gasteiger partial charge in [-0.25, -0.2) is 0 Å². The molecule has 0 saturated carbocycles. The zero-order valence-electron chi connectivity index (χ0n) is 18.9. The first-order valence-corrected chi connectivity index (χ1v) is 10.6. The average molecular weight is 473 g/mol. The van der Waals surface area contributed by atoms with Crippen LogP contribution in [0.2, 0.25) is 0 Å². The van der Waals surface area contributed by atoms with Crippen LogP contribution < -0.4 is 16.8 Å². The molecule has 9 N–H and O–H groups in total. The van der Waals surface area contributed by atoms with Crippen LogP contribution in [0.25, 0.3) is 0 Å². The maximum Gasteiger partial charge on any atom is 0.300 e. The van der Waals surface area contributed by atoms with E-state index >= 15 is 0 Å². The number of ether oxygens (including phenoxy) is 3. The van der Waals surface area contributed by atoms with Crippen molar-refractivity contribution in [3.8, 4) is 0 Å². The molecule has 188 valence electrons. The van der Waals surface area contributed by atoms with Gasteiger partial charge in [-0.1, -0.05) is 30.3 Å². The van der Waals surface area contributed by atoms with Gasteiger partial charge in [-0.05, 0) is 12.5 Å². The number of nitrogens with one attached hydrogen (secondary N) is 1. The van der Waals surface area contributed by atoms with Crippen molar-refractivity contribution in [1.29, 1.82) is 0 Å². The smallest absolute Gasteiger partial charge is 0.300 e. The lowest BCUT2D eigenvalue weighted by Gasteiger charge is -2.43. The third-order valence-electron chi connectivity index (χ3n) is 4.51. The molecule has 33 heavy (non-hydrogen) atoms. The SMILES string of the molecule is CC(=O)O.CCOC1OC(COCc2ccccc2)C(O)C(O)C1N[C@H](O)CCN=C(N)N. The second-order valence-corrected chi connectivity index (χ2v) is 7.30. The van der Waals surface area contributed by atoms with Gasteiger partial charge < -0.3 is 46.1 Å². The normalized spacial score (nSPS) is 25.4. The molecule has 0 spiro atoms. The summed E-state index contributed by atoms with van der Waals surface area (Å²) in [6.07, 6.45) is -4.92. The third kappa shape index (κ3) is 11.4. The summed E-state index contributed by atoms with van der Waals surface area (Å²) in [7, 11) is 0. The van der Waals surface area contributed by atoms with E-state index in [0.717, 1.165) is 12.5 Å². The first-order valence-electron chi connectivity index (χ1n) is 10.6. The highest BCUT2D eigenvalue weighted by Gasteiger charge is 2.45. The summed E-state index contributed by atoms with van der Waals surface area (Å²) in [5, 5.41) is 41.4. The van der Waals surface area contributed by atoms with Gasteiger partial charge in [-0.2, -0.15) is 0 Å². The van der Waals surface area contributed by atoms with E-state index in [1.54, 1.807) is 6.92 Å². The van der Waals surface area contributed by atoms with Gasteiger partial charge in [0.25, 0.3) is 5.97 Å². The standard InChI is InChI=1S/C19H32N4O6.C2H4O2/c1-2-28-18-15(23-14(24)8-9-22-19(20)21)17(26)16(25)13(29-18)11-27-10-12-6-4-3-5-7-12;1-2(3)4/h3-7,13-18,23-26H,2,8-11H2,1H3,(H4,20,21,22);1H3,(H,3,4)/t13?,14-,15?,16?,17?,18?;/m1./s1. The molecule has 12 heteroatoms. The first-order chi connectivity index (χ1) is 15.6. The summed E-state index contributed by atoms with van der Waals surface area (Å²) < 4.78 is 17.0. The van der Waals surface area contributed by atoms with E-state index in [9.17, 15) is 15.3 Å². The minimum absolute atomic E-state index is 0.0702. The zero-order chi connectivity index (χ0) is 24.8. The molecule has 1 saturated heterocycles. The van der Waals surface area contributed by atoms with Gasteiger partial charge in [0.1, 0.15) is 24.5 Å². The number of aliphatic carboxylic acids is 1. The first kappa shape index (κ1) is 28.7. The molecule has 1 aliphatic rings. The molecule has 0 amide bonds. The van der Waals surface area contributed by atoms with Gasteiger partial charge >= 0.3 is 0 Å². The Balaban J connectivity index is 0.00000125. The molecule has 0 radical (unpaired) electrons. The molecule has 0 aliphatic carbocycles. The highest BCUT2D eigenvalue weighted by atomic mass is 16.7. The molecule has 1 aromatic carbocycles. The van der Waals surface area contributed by atoms with Crippen molar-refractivity contribution in [1.82, 2.24) is 5.32 Å². The van der Waals surface area contributed by atoms with E-state index in [1.807, 2.05) is 30.3 Å². The molecule has 1 fully saturated rings. The predicted molar refractivity (Wildman–Crippen MR) is 120 cm³/mol. The number of rotatable bonds is 11. The fraction of sp³-hybridized carbons (Fsp3) is 0.619. The van der Waals surface area contributed by atoms with Crippen molar-refractivity contribution in [3.63, 3.8) is 0 Å². The summed E-state index contributed by atoms with van der Waals surface area (Å²) in [5.41, 5.74) is 11.5. The van der Waals surface area contributed by atoms with Crippen molar-refractivity contribution in [2.24, 2.45) is 16.5 Å². The van der Waals surface area contributed by atoms with Crippen LogP contribution in [0.1, 0.15) is 25.8 Å². The minimum Gasteiger partial charge on any atom is -0.481 e. The quantitative estimate of drug-likeness (QED) is 0.115. The molecule has 0 aromatic heterocycles. The Kier molecular flexibility index (Phi) is 13.5. The largest absolute Gasteiger partial charge is 0.481 e. The number of guanidine groups is 1. The topological polar surface area (TPSA) is 202 Å². The monoisotopic (exact) mass is 472 g/mol. The number of carbonyl (C=O) groups is 1. The number of nitrogens with two attached hydrogens (primary N) is 2. The van der Waals surface area contributed by atoms with E-state index in [-0.39, 0.29) is 25.5 Å². The number of carboxylic acids is 1. The maximum absolute atomic E-state index is 10.6. The number of hydrogen-bond donors (Lipinski definition) is 7. The molecule has 6 atom stereocenters. The Morgan fingerprint density at radius 1 is 1.24 bits per heavy atom. The fourth-order valence-corrected chi connectivity index (χ4v) is 3.04. The van der Waals surface area contributed by atoms with E-state index in [4.69, 9.17) is 35.6 Å². The van der Waals surface area contributed by atoms with E-state index < -0.39 is 42.8 Å². The van der Waals surface area contributed by atoms with E-state index in [0.29, 0.717) is 13.2 Å². The van der Waals surface area contributed by atoms with Crippen molar-refractivity contribution in [3.05, 3.63) is 35.9 Å². The second-order valence-electron chi connectivity index (χ2n) is 7.30. The zero-order valence-corrected chi connectivity index (χ0v) is 18.9. The highest BCUT2D eigenvalue weighted by Crippen LogP contribution is 2.23. The van der Waals surface area contributed by atoms with Gasteiger partial charge in [0.15, 0.2) is 12.2 Å². The van der Waals surface area contributed by atoms with E-state index in [2.05, 4.69) is 10.3 Å². The van der Waals surface area contributed by atoms with Gasteiger partial charge in [-0.15, -0.1) is 0 Å². The molecule has 1 aliphatic heterocycles. The van der Waals surface area contributed by atoms with Crippen LogP contribution in [-0.2, 0) is 25.6 Å². The molecular formula is C21H36N4O8. The summed E-state index contributed by atoms with van der Waals surface area (Å²) >= 11 is 0. The van der Waals surface area contributed by atoms with Gasteiger partial charge in [0.2, 0.25) is 0 Å². The molecule has 0 bridgehead atoms. The van der Waals surface area contributed by atoms with Crippen LogP contribution in [0, 0.1) is 0 Å². The lowest BCUT2D eigenvalue weighted by Crippen LogP contribution is -2.65. The van der Waals surface area contributed by atoms with Crippen molar-refractivity contribution in [2.75, 3.05) is 19.8 Å². The Morgan fingerprint density at radius 2 is 1.88 bits per heavy atom. The fourth-order valence-electron chi connectivity index (χ4n) is 3.04. The summed E-state index contributed by atoms with van der Waals surface area (Å²) in [4.78, 5) is 12.8. The number of aliphatic imine (C=N–C) groups is 1. The lowest BCUT2D eigenvalue weighted by atomic mass is 9.96. The third-order valence-corrected chi connectivity index (χ3v) is 4.51. The highest BCUT2D eigenvalue weighted by molar-refractivity contribution is 5.75. The summed E-state index contributed by atoms with van der Waals surface area (Å²) in [6, 6.07) is 8.76. The van der Waals surface area contributed by atoms with Gasteiger partial charge in [0, 0.05) is 26.5 Å². The van der Waals surface area contributed by atoms with Gasteiger partial charge in [0.05, 0.1) is 19.3 Å². The van der Waals surface area contributed by atoms with Crippen LogP contribution in [0.15, 0.2) is 35.3 Å². The molecular weight excluding hydrogens is 436 g/mol. The van der Waals surface area contributed by atoms with E-state index in [1.165, 1.54) is 0 Å². The van der Waals surface area contributed by atoms with Crippen LogP contribution in [-0.4, -0.2) is 89.0 Å². The Bertz CT molecular complexity index is 701. The summed E-state index contributed by atoms with van der Waals surface area (Å²) in [5.74, 6) is -0.904. The van der Waals surface area contributed by atoms with Crippen LogP contribution in [0.4, 0.5) is 0 Å². The average Bonchev–Trinajstić information content (AvgIpc) is 2.74. The predicted octanol–water partition coefficient (Wildman–Crippen LogP) is -1.28. The van der Waals surface area contributed by atoms with Crippen LogP contribution in [0.5, 0.6) is 0 Å². The maximum atomic E-state index is 10.6. The molecule has 5 unspecified atom stereocenters. The molecule has 2 rings (SSSR count). The number of benzene rings is 1. The van der Waals surface area contributed by atoms with Crippen molar-refractivity contribution >= 4 is 11.9 Å². The Hall–Kier alpha value is -2.32. The number of aliphatic hydroxyl groups excluding tert-OH is 3. The molecule has 12 nitrogen and oxygen atoms in total. The van der Waals surface area contributed by atoms with Crippen molar-refractivity contribution in [2.45, 2.75) is 63.7 Å². The Labute approximate surface area is 193 Å². The summed E-state index contributed by atoms with van der Waals surface area (Å²) in [6.45, 7) is 3.84. The second kappa shape index (κ2) is 15.5. The Morgan fingerprint density at radius 3 is 2.45 bits per heavy atom. The van der Waals surface area contributed by atoms with Crippen molar-refractivity contribution < 1.29 is 39.4 Å². The number of carboxylic acid groups (broad SMARTS) is 1. The lowest BCUT2D eigenvalue weighted by molar-refractivity contribution is -0.276. The number of nitrogens with zero attached hydrogens (tertiary/aromatic N) is 1. The van der Waals surface area contributed by atoms with Crippen LogP contribution >= 0.6 is 0 Å². The number of aliphatic hydroxyl groups is 3. The van der Waals surface area contributed by atoms with Crippen LogP contribution in [0.3, 0.4) is 0 Å². The molecule has 1 aromatic rings. The van der Waals surface area contributed by atoms with Gasteiger partial charge in [-0.3, -0.25) is 15.1 Å². The number of hydrogen-bond acceptors (Lipinski definition) is 9. The molecule has 1 heterocycles. The minimum atomic E-state index is -1.23.